The predicted octanol–water partition coefficient (Wildman–Crippen LogP) is -1.53. The third-order valence-electron chi connectivity index (χ3n) is 3.20. The molecule has 0 amide bonds. The van der Waals surface area contributed by atoms with Gasteiger partial charge in [-0.2, -0.15) is 0 Å². The van der Waals surface area contributed by atoms with Gasteiger partial charge in [-0.25, -0.2) is 16.8 Å². The van der Waals surface area contributed by atoms with E-state index in [9.17, 15) is 25.9 Å². The molecule has 1 aliphatic heterocycles. The van der Waals surface area contributed by atoms with Gasteiger partial charge in [0, 0.05) is 37.7 Å². The van der Waals surface area contributed by atoms with Crippen LogP contribution in [0.1, 0.15) is 12.8 Å². The molecule has 1 saturated heterocycles. The minimum atomic E-state index is -4.14. The first-order chi connectivity index (χ1) is 9.16. The van der Waals surface area contributed by atoms with Crippen molar-refractivity contribution in [1.29, 1.82) is 0 Å². The summed E-state index contributed by atoms with van der Waals surface area (Å²) in [7, 11) is -8.27. The van der Waals surface area contributed by atoms with Crippen LogP contribution in [0.2, 0.25) is 0 Å². The van der Waals surface area contributed by atoms with Crippen molar-refractivity contribution in [3.63, 3.8) is 0 Å². The predicted molar refractivity (Wildman–Crippen MR) is 71.2 cm³/mol. The Kier molecular flexibility index (Phi) is 6.82. The number of piperazine rings is 1. The van der Waals surface area contributed by atoms with Gasteiger partial charge >= 0.3 is 0 Å². The van der Waals surface area contributed by atoms with Crippen LogP contribution in [0.3, 0.4) is 0 Å². The highest BCUT2D eigenvalue weighted by atomic mass is 32.2. The number of hydrogen-bond donors (Lipinski definition) is 0. The largest absolute Gasteiger partial charge is 0.748 e. The maximum atomic E-state index is 10.5. The standard InChI is InChI=1S/C10H22N2O6S2/c13-19(14,15)9-1-3-11-5-7-12(8-6-11)4-2-10-20(16,17)18/h1-10H2,(H,13,14,15)(H,16,17,18)/p-2. The Bertz CT molecular complexity index is 436. The normalized spacial score (nSPS) is 19.3. The van der Waals surface area contributed by atoms with Crippen LogP contribution in [-0.2, 0) is 20.2 Å². The van der Waals surface area contributed by atoms with E-state index >= 15 is 0 Å². The summed E-state index contributed by atoms with van der Waals surface area (Å²) >= 11 is 0. The first-order valence-corrected chi connectivity index (χ1v) is 9.63. The summed E-state index contributed by atoms with van der Waals surface area (Å²) in [5, 5.41) is 0. The maximum Gasteiger partial charge on any atom is 0.0946 e. The molecule has 0 atom stereocenters. The molecule has 10 heteroatoms. The van der Waals surface area contributed by atoms with E-state index in [1.165, 1.54) is 0 Å². The zero-order chi connectivity index (χ0) is 15.2. The third kappa shape index (κ3) is 8.82. The molecule has 0 spiro atoms. The van der Waals surface area contributed by atoms with E-state index in [-0.39, 0.29) is 11.5 Å². The van der Waals surface area contributed by atoms with E-state index in [2.05, 4.69) is 9.80 Å². The van der Waals surface area contributed by atoms with Crippen molar-refractivity contribution in [1.82, 2.24) is 9.80 Å². The molecule has 0 saturated carbocycles. The fourth-order valence-electron chi connectivity index (χ4n) is 2.17. The molecule has 8 nitrogen and oxygen atoms in total. The quantitative estimate of drug-likeness (QED) is 0.492. The summed E-state index contributed by atoms with van der Waals surface area (Å²) in [5.74, 6) is -0.677. The molecular weight excluding hydrogens is 308 g/mol. The van der Waals surface area contributed by atoms with Crippen LogP contribution in [0.4, 0.5) is 0 Å². The molecule has 0 aliphatic carbocycles. The van der Waals surface area contributed by atoms with Crippen molar-refractivity contribution in [2.24, 2.45) is 0 Å². The second-order valence-electron chi connectivity index (χ2n) is 4.91. The average Bonchev–Trinajstić information content (AvgIpc) is 2.28. The van der Waals surface area contributed by atoms with E-state index in [4.69, 9.17) is 0 Å². The smallest absolute Gasteiger partial charge is 0.0946 e. The van der Waals surface area contributed by atoms with Gasteiger partial charge in [0.15, 0.2) is 0 Å². The van der Waals surface area contributed by atoms with Gasteiger partial charge in [-0.15, -0.1) is 0 Å². The van der Waals surface area contributed by atoms with Gasteiger partial charge in [-0.05, 0) is 25.9 Å². The Morgan fingerprint density at radius 2 is 1.00 bits per heavy atom. The van der Waals surface area contributed by atoms with Crippen LogP contribution in [0, 0.1) is 0 Å². The van der Waals surface area contributed by atoms with Crippen LogP contribution in [0.15, 0.2) is 0 Å². The first-order valence-electron chi connectivity index (χ1n) is 6.47. The van der Waals surface area contributed by atoms with Gasteiger partial charge in [0.05, 0.1) is 20.2 Å². The number of nitrogens with zero attached hydrogens (tertiary/aromatic N) is 2. The zero-order valence-electron chi connectivity index (χ0n) is 11.2. The average molecular weight is 328 g/mol. The summed E-state index contributed by atoms with van der Waals surface area (Å²) < 4.78 is 62.8. The third-order valence-corrected chi connectivity index (χ3v) is 4.78. The van der Waals surface area contributed by atoms with Gasteiger partial charge in [-0.3, -0.25) is 0 Å². The van der Waals surface area contributed by atoms with Crippen molar-refractivity contribution < 1.29 is 25.9 Å². The lowest BCUT2D eigenvalue weighted by Gasteiger charge is -2.34. The molecule has 1 aliphatic rings. The Morgan fingerprint density at radius 3 is 1.25 bits per heavy atom. The molecule has 0 N–H and O–H groups in total. The van der Waals surface area contributed by atoms with Crippen molar-refractivity contribution in [3.8, 4) is 0 Å². The van der Waals surface area contributed by atoms with E-state index in [1.807, 2.05) is 0 Å². The highest BCUT2D eigenvalue weighted by molar-refractivity contribution is 7.85. The lowest BCUT2D eigenvalue weighted by atomic mass is 10.3. The first kappa shape index (κ1) is 17.8. The minimum absolute atomic E-state index is 0.334. The summed E-state index contributed by atoms with van der Waals surface area (Å²) in [5.41, 5.74) is 0. The van der Waals surface area contributed by atoms with E-state index in [0.29, 0.717) is 25.9 Å². The van der Waals surface area contributed by atoms with E-state index in [0.717, 1.165) is 26.2 Å². The summed E-state index contributed by atoms with van der Waals surface area (Å²) in [6, 6.07) is 0. The molecule has 1 rings (SSSR count). The molecule has 0 aromatic heterocycles. The number of hydrogen-bond acceptors (Lipinski definition) is 8. The van der Waals surface area contributed by atoms with Crippen LogP contribution in [0.5, 0.6) is 0 Å². The summed E-state index contributed by atoms with van der Waals surface area (Å²) in [4.78, 5) is 4.15. The molecule has 0 unspecified atom stereocenters. The maximum absolute atomic E-state index is 10.5. The van der Waals surface area contributed by atoms with Crippen molar-refractivity contribution in [2.75, 3.05) is 50.8 Å². The Labute approximate surface area is 120 Å². The minimum Gasteiger partial charge on any atom is -0.748 e. The topological polar surface area (TPSA) is 121 Å². The van der Waals surface area contributed by atoms with Crippen molar-refractivity contribution in [3.05, 3.63) is 0 Å². The van der Waals surface area contributed by atoms with Gasteiger partial charge in [-0.1, -0.05) is 0 Å². The van der Waals surface area contributed by atoms with Gasteiger partial charge in [0.25, 0.3) is 0 Å². The van der Waals surface area contributed by atoms with E-state index in [1.54, 1.807) is 0 Å². The molecule has 0 bridgehead atoms. The zero-order valence-corrected chi connectivity index (χ0v) is 12.9. The molecule has 0 aromatic carbocycles. The van der Waals surface area contributed by atoms with E-state index < -0.39 is 20.2 Å². The highest BCUT2D eigenvalue weighted by Crippen LogP contribution is 2.04. The Hall–Kier alpha value is -0.260. The van der Waals surface area contributed by atoms with Crippen molar-refractivity contribution >= 4 is 20.2 Å². The van der Waals surface area contributed by atoms with Crippen LogP contribution < -0.4 is 0 Å². The molecule has 0 aromatic rings. The van der Waals surface area contributed by atoms with Gasteiger partial charge in [0.2, 0.25) is 0 Å². The lowest BCUT2D eigenvalue weighted by Crippen LogP contribution is -2.47. The molecule has 0 radical (unpaired) electrons. The monoisotopic (exact) mass is 328 g/mol. The molecule has 120 valence electrons. The summed E-state index contributed by atoms with van der Waals surface area (Å²) in [6.45, 7) is 4.16. The second-order valence-corrected chi connectivity index (χ2v) is 7.96. The van der Waals surface area contributed by atoms with Crippen molar-refractivity contribution in [2.45, 2.75) is 12.8 Å². The Morgan fingerprint density at radius 1 is 0.700 bits per heavy atom. The summed E-state index contributed by atoms with van der Waals surface area (Å²) in [6.07, 6.45) is 0.667. The SMILES string of the molecule is O=S(=O)([O-])CCCN1CCN(CCCS(=O)(=O)[O-])CC1. The molecular formula is C10H20N2O6S2-2. The fraction of sp³-hybridized carbons (Fsp3) is 1.00. The van der Waals surface area contributed by atoms with Crippen LogP contribution in [0.25, 0.3) is 0 Å². The van der Waals surface area contributed by atoms with Crippen LogP contribution in [-0.4, -0.2) is 86.5 Å². The molecule has 1 fully saturated rings. The fourth-order valence-corrected chi connectivity index (χ4v) is 3.13. The Balaban J connectivity index is 2.14. The van der Waals surface area contributed by atoms with Gasteiger partial charge < -0.3 is 18.9 Å². The molecule has 20 heavy (non-hydrogen) atoms. The molecule has 1 heterocycles. The van der Waals surface area contributed by atoms with Crippen LogP contribution >= 0.6 is 0 Å². The number of rotatable bonds is 8. The second kappa shape index (κ2) is 7.66. The van der Waals surface area contributed by atoms with Gasteiger partial charge in [0.1, 0.15) is 0 Å². The lowest BCUT2D eigenvalue weighted by molar-refractivity contribution is 0.133. The highest BCUT2D eigenvalue weighted by Gasteiger charge is 2.16.